The summed E-state index contributed by atoms with van der Waals surface area (Å²) in [5, 5.41) is 3.36. The molecule has 0 radical (unpaired) electrons. The van der Waals surface area contributed by atoms with Crippen molar-refractivity contribution in [1.82, 2.24) is 15.1 Å². The maximum Gasteiger partial charge on any atom is 0.237 e. The van der Waals surface area contributed by atoms with Gasteiger partial charge in [-0.05, 0) is 47.2 Å². The smallest absolute Gasteiger partial charge is 0.237 e. The second-order valence-corrected chi connectivity index (χ2v) is 5.37. The second kappa shape index (κ2) is 8.73. The van der Waals surface area contributed by atoms with Gasteiger partial charge in [-0.25, -0.2) is 0 Å². The zero-order valence-electron chi connectivity index (χ0n) is 12.1. The highest BCUT2D eigenvalue weighted by Gasteiger charge is 2.22. The molecule has 5 heteroatoms. The quantitative estimate of drug-likeness (QED) is 0.843. The van der Waals surface area contributed by atoms with Crippen LogP contribution in [0.3, 0.4) is 0 Å². The first-order valence-electron chi connectivity index (χ1n) is 6.76. The van der Waals surface area contributed by atoms with E-state index in [1.165, 1.54) is 0 Å². The molecule has 1 saturated heterocycles. The molecular weight excluding hydrogens is 250 g/mol. The fraction of sp³-hybridized carbons (Fsp3) is 0.923. The number of carbonyl (C=O) groups excluding carboxylic acids is 1. The molecule has 0 spiro atoms. The van der Waals surface area contributed by atoms with Gasteiger partial charge in [0.15, 0.2) is 0 Å². The molecule has 4 nitrogen and oxygen atoms in total. The van der Waals surface area contributed by atoms with Gasteiger partial charge in [-0.1, -0.05) is 0 Å². The minimum atomic E-state index is 0. The van der Waals surface area contributed by atoms with Crippen molar-refractivity contribution in [3.8, 4) is 0 Å². The van der Waals surface area contributed by atoms with Gasteiger partial charge in [0.1, 0.15) is 0 Å². The molecule has 1 fully saturated rings. The first kappa shape index (κ1) is 17.7. The number of carbonyl (C=O) groups is 1. The Morgan fingerprint density at radius 3 is 2.33 bits per heavy atom. The van der Waals surface area contributed by atoms with Crippen molar-refractivity contribution < 1.29 is 4.79 Å². The van der Waals surface area contributed by atoms with E-state index in [9.17, 15) is 4.79 Å². The topological polar surface area (TPSA) is 35.6 Å². The summed E-state index contributed by atoms with van der Waals surface area (Å²) in [5.41, 5.74) is 0. The van der Waals surface area contributed by atoms with Crippen LogP contribution in [0.2, 0.25) is 0 Å². The second-order valence-electron chi connectivity index (χ2n) is 5.37. The molecule has 1 amide bonds. The Kier molecular flexibility index (Phi) is 8.57. The summed E-state index contributed by atoms with van der Waals surface area (Å²) in [6, 6.07) is 0.570. The van der Waals surface area contributed by atoms with E-state index < -0.39 is 0 Å². The van der Waals surface area contributed by atoms with E-state index in [2.05, 4.69) is 37.9 Å². The van der Waals surface area contributed by atoms with E-state index in [0.717, 1.165) is 32.6 Å². The van der Waals surface area contributed by atoms with Crippen LogP contribution in [-0.4, -0.2) is 60.5 Å². The van der Waals surface area contributed by atoms with Crippen LogP contribution in [0.1, 0.15) is 34.1 Å². The lowest BCUT2D eigenvalue weighted by atomic mass is 10.2. The summed E-state index contributed by atoms with van der Waals surface area (Å²) in [6.07, 6.45) is 1.14. The van der Waals surface area contributed by atoms with Crippen molar-refractivity contribution in [3.05, 3.63) is 0 Å². The number of nitrogens with zero attached hydrogens (tertiary/aromatic N) is 2. The molecule has 0 aromatic rings. The summed E-state index contributed by atoms with van der Waals surface area (Å²) in [7, 11) is 0. The van der Waals surface area contributed by atoms with Gasteiger partial charge in [0.25, 0.3) is 0 Å². The summed E-state index contributed by atoms with van der Waals surface area (Å²) in [5.74, 6) is 0.261. The van der Waals surface area contributed by atoms with Gasteiger partial charge < -0.3 is 10.2 Å². The van der Waals surface area contributed by atoms with Crippen molar-refractivity contribution in [3.63, 3.8) is 0 Å². The highest BCUT2D eigenvalue weighted by Crippen LogP contribution is 2.07. The lowest BCUT2D eigenvalue weighted by Crippen LogP contribution is -2.47. The first-order valence-corrected chi connectivity index (χ1v) is 6.76. The van der Waals surface area contributed by atoms with Crippen LogP contribution in [0.15, 0.2) is 0 Å². The summed E-state index contributed by atoms with van der Waals surface area (Å²) >= 11 is 0. The average Bonchev–Trinajstić information content (AvgIpc) is 2.44. The third-order valence-electron chi connectivity index (χ3n) is 3.19. The fourth-order valence-electron chi connectivity index (χ4n) is 2.50. The van der Waals surface area contributed by atoms with Crippen LogP contribution in [0, 0.1) is 0 Å². The minimum absolute atomic E-state index is 0. The SMILES string of the molecule is CC(C)N(C(=O)CN1CCCNCC1)C(C)C.Cl. The molecular formula is C13H28ClN3O. The molecule has 1 rings (SSSR count). The number of amides is 1. The van der Waals surface area contributed by atoms with E-state index in [0.29, 0.717) is 6.54 Å². The third-order valence-corrected chi connectivity index (χ3v) is 3.19. The molecule has 1 heterocycles. The zero-order chi connectivity index (χ0) is 12.8. The standard InChI is InChI=1S/C13H27N3O.ClH/c1-11(2)16(12(3)4)13(17)10-15-8-5-6-14-7-9-15;/h11-12,14H,5-10H2,1-4H3;1H. The zero-order valence-corrected chi connectivity index (χ0v) is 12.9. The van der Waals surface area contributed by atoms with Gasteiger partial charge in [0, 0.05) is 25.2 Å². The lowest BCUT2D eigenvalue weighted by Gasteiger charge is -2.33. The maximum absolute atomic E-state index is 12.3. The molecule has 0 bridgehead atoms. The molecule has 0 aromatic heterocycles. The molecule has 0 unspecified atom stereocenters. The molecule has 1 aliphatic rings. The van der Waals surface area contributed by atoms with Crippen molar-refractivity contribution in [2.75, 3.05) is 32.7 Å². The summed E-state index contributed by atoms with van der Waals surface area (Å²) in [4.78, 5) is 16.5. The number of halogens is 1. The Morgan fingerprint density at radius 1 is 1.17 bits per heavy atom. The Hall–Kier alpha value is -0.320. The Morgan fingerprint density at radius 2 is 1.78 bits per heavy atom. The number of hydrogen-bond donors (Lipinski definition) is 1. The highest BCUT2D eigenvalue weighted by molar-refractivity contribution is 5.85. The van der Waals surface area contributed by atoms with E-state index in [-0.39, 0.29) is 30.4 Å². The molecule has 0 saturated carbocycles. The average molecular weight is 278 g/mol. The number of nitrogens with one attached hydrogen (secondary N) is 1. The normalized spacial score (nSPS) is 17.4. The Balaban J connectivity index is 0.00000289. The van der Waals surface area contributed by atoms with Gasteiger partial charge >= 0.3 is 0 Å². The molecule has 18 heavy (non-hydrogen) atoms. The molecule has 0 atom stereocenters. The van der Waals surface area contributed by atoms with Crippen molar-refractivity contribution in [2.45, 2.75) is 46.2 Å². The van der Waals surface area contributed by atoms with E-state index in [1.54, 1.807) is 0 Å². The van der Waals surface area contributed by atoms with Crippen molar-refractivity contribution >= 4 is 18.3 Å². The predicted molar refractivity (Wildman–Crippen MR) is 78.3 cm³/mol. The Labute approximate surface area is 117 Å². The number of rotatable bonds is 4. The molecule has 1 N–H and O–H groups in total. The maximum atomic E-state index is 12.3. The van der Waals surface area contributed by atoms with Crippen LogP contribution in [0.25, 0.3) is 0 Å². The lowest BCUT2D eigenvalue weighted by molar-refractivity contribution is -0.135. The summed E-state index contributed by atoms with van der Waals surface area (Å²) in [6.45, 7) is 13.0. The monoisotopic (exact) mass is 277 g/mol. The summed E-state index contributed by atoms with van der Waals surface area (Å²) < 4.78 is 0. The van der Waals surface area contributed by atoms with E-state index in [4.69, 9.17) is 0 Å². The van der Waals surface area contributed by atoms with Gasteiger partial charge in [-0.15, -0.1) is 12.4 Å². The van der Waals surface area contributed by atoms with Gasteiger partial charge in [-0.2, -0.15) is 0 Å². The van der Waals surface area contributed by atoms with Crippen molar-refractivity contribution in [2.24, 2.45) is 0 Å². The van der Waals surface area contributed by atoms with Crippen LogP contribution >= 0.6 is 12.4 Å². The van der Waals surface area contributed by atoms with Gasteiger partial charge in [0.05, 0.1) is 6.54 Å². The van der Waals surface area contributed by atoms with Crippen LogP contribution < -0.4 is 5.32 Å². The van der Waals surface area contributed by atoms with Crippen molar-refractivity contribution in [1.29, 1.82) is 0 Å². The molecule has 0 aliphatic carbocycles. The Bertz CT molecular complexity index is 230. The fourth-order valence-corrected chi connectivity index (χ4v) is 2.50. The highest BCUT2D eigenvalue weighted by atomic mass is 35.5. The molecule has 1 aliphatic heterocycles. The van der Waals surface area contributed by atoms with Gasteiger partial charge in [0.2, 0.25) is 5.91 Å². The minimum Gasteiger partial charge on any atom is -0.337 e. The predicted octanol–water partition coefficient (Wildman–Crippen LogP) is 1.35. The number of hydrogen-bond acceptors (Lipinski definition) is 3. The first-order chi connectivity index (χ1) is 8.02. The van der Waals surface area contributed by atoms with Crippen LogP contribution in [-0.2, 0) is 4.79 Å². The third kappa shape index (κ3) is 5.55. The van der Waals surface area contributed by atoms with E-state index >= 15 is 0 Å². The van der Waals surface area contributed by atoms with Crippen LogP contribution in [0.4, 0.5) is 0 Å². The van der Waals surface area contributed by atoms with E-state index in [1.807, 2.05) is 4.90 Å². The largest absolute Gasteiger partial charge is 0.337 e. The van der Waals surface area contributed by atoms with Gasteiger partial charge in [-0.3, -0.25) is 9.69 Å². The molecule has 0 aromatic carbocycles. The molecule has 108 valence electrons. The van der Waals surface area contributed by atoms with Crippen LogP contribution in [0.5, 0.6) is 0 Å².